The Balaban J connectivity index is 3.04. The number of nitrogens with one attached hydrogen (secondary N) is 1. The fourth-order valence-electron chi connectivity index (χ4n) is 1.69. The molecule has 114 valence electrons. The lowest BCUT2D eigenvalue weighted by Gasteiger charge is -2.20. The highest BCUT2D eigenvalue weighted by molar-refractivity contribution is 9.10. The summed E-state index contributed by atoms with van der Waals surface area (Å²) >= 11 is 3.33. The van der Waals surface area contributed by atoms with Crippen molar-refractivity contribution < 1.29 is 8.42 Å². The van der Waals surface area contributed by atoms with Crippen LogP contribution in [0.3, 0.4) is 0 Å². The monoisotopic (exact) mass is 363 g/mol. The zero-order chi connectivity index (χ0) is 15.3. The third-order valence-corrected chi connectivity index (χ3v) is 5.78. The van der Waals surface area contributed by atoms with E-state index in [1.165, 1.54) is 4.31 Å². The fraction of sp³-hybridized carbons (Fsp3) is 0.538. The fourth-order valence-corrected chi connectivity index (χ4v) is 3.82. The predicted octanol–water partition coefficient (Wildman–Crippen LogP) is 1.35. The van der Waals surface area contributed by atoms with Gasteiger partial charge in [-0.15, -0.1) is 0 Å². The molecule has 0 atom stereocenters. The van der Waals surface area contributed by atoms with Crippen molar-refractivity contribution >= 4 is 26.0 Å². The molecular formula is C13H22BrN3O2S. The van der Waals surface area contributed by atoms with Crippen LogP contribution in [0.5, 0.6) is 0 Å². The summed E-state index contributed by atoms with van der Waals surface area (Å²) in [5, 5.41) is 3.02. The zero-order valence-corrected chi connectivity index (χ0v) is 14.8. The van der Waals surface area contributed by atoms with Crippen molar-refractivity contribution in [3.63, 3.8) is 0 Å². The molecule has 0 aliphatic rings. The third kappa shape index (κ3) is 4.53. The molecule has 0 amide bonds. The van der Waals surface area contributed by atoms with E-state index < -0.39 is 10.0 Å². The number of halogens is 1. The van der Waals surface area contributed by atoms with E-state index in [1.54, 1.807) is 19.2 Å². The van der Waals surface area contributed by atoms with E-state index in [0.717, 1.165) is 5.56 Å². The number of benzene rings is 1. The molecule has 1 aromatic rings. The third-order valence-electron chi connectivity index (χ3n) is 2.93. The lowest BCUT2D eigenvalue weighted by Crippen LogP contribution is -2.33. The molecule has 0 radical (unpaired) electrons. The Morgan fingerprint density at radius 3 is 2.40 bits per heavy atom. The summed E-state index contributed by atoms with van der Waals surface area (Å²) in [6.45, 7) is 1.78. The second-order valence-electron chi connectivity index (χ2n) is 4.92. The van der Waals surface area contributed by atoms with Crippen molar-refractivity contribution in [2.45, 2.75) is 11.4 Å². The Bertz CT molecular complexity index is 547. The molecule has 1 aromatic carbocycles. The Morgan fingerprint density at radius 1 is 1.20 bits per heavy atom. The summed E-state index contributed by atoms with van der Waals surface area (Å²) in [4.78, 5) is 2.27. The number of nitrogens with zero attached hydrogens (tertiary/aromatic N) is 2. The highest BCUT2D eigenvalue weighted by Gasteiger charge is 2.23. The Hall–Kier alpha value is -0.470. The summed E-state index contributed by atoms with van der Waals surface area (Å²) in [5.41, 5.74) is 0.940. The predicted molar refractivity (Wildman–Crippen MR) is 85.3 cm³/mol. The van der Waals surface area contributed by atoms with Crippen LogP contribution in [0.2, 0.25) is 0 Å². The molecule has 0 unspecified atom stereocenters. The van der Waals surface area contributed by atoms with Gasteiger partial charge in [-0.3, -0.25) is 0 Å². The molecule has 5 nitrogen and oxygen atoms in total. The van der Waals surface area contributed by atoms with Crippen LogP contribution in [0, 0.1) is 0 Å². The minimum absolute atomic E-state index is 0.312. The van der Waals surface area contributed by atoms with Crippen molar-refractivity contribution in [3.05, 3.63) is 28.2 Å². The second-order valence-corrected chi connectivity index (χ2v) is 7.79. The van der Waals surface area contributed by atoms with Gasteiger partial charge in [-0.05, 0) is 54.8 Å². The maximum absolute atomic E-state index is 12.6. The Labute approximate surface area is 130 Å². The van der Waals surface area contributed by atoms with E-state index >= 15 is 0 Å². The summed E-state index contributed by atoms with van der Waals surface area (Å²) in [7, 11) is 3.81. The van der Waals surface area contributed by atoms with Gasteiger partial charge >= 0.3 is 0 Å². The first-order valence-electron chi connectivity index (χ1n) is 6.33. The quantitative estimate of drug-likeness (QED) is 0.794. The van der Waals surface area contributed by atoms with Crippen LogP contribution in [0.4, 0.5) is 0 Å². The van der Waals surface area contributed by atoms with E-state index in [-0.39, 0.29) is 0 Å². The van der Waals surface area contributed by atoms with Gasteiger partial charge in [-0.2, -0.15) is 4.31 Å². The molecule has 0 saturated carbocycles. The van der Waals surface area contributed by atoms with Gasteiger partial charge in [0.2, 0.25) is 10.0 Å². The number of rotatable bonds is 7. The van der Waals surface area contributed by atoms with Crippen molar-refractivity contribution in [3.8, 4) is 0 Å². The maximum Gasteiger partial charge on any atom is 0.243 e. The first-order valence-corrected chi connectivity index (χ1v) is 8.56. The molecule has 0 heterocycles. The molecule has 7 heteroatoms. The van der Waals surface area contributed by atoms with Gasteiger partial charge < -0.3 is 10.2 Å². The average Bonchev–Trinajstić information content (AvgIpc) is 2.38. The van der Waals surface area contributed by atoms with Crippen LogP contribution in [0.25, 0.3) is 0 Å². The normalized spacial score (nSPS) is 12.3. The van der Waals surface area contributed by atoms with Gasteiger partial charge in [0.1, 0.15) is 0 Å². The van der Waals surface area contributed by atoms with Crippen LogP contribution in [0.15, 0.2) is 27.6 Å². The minimum atomic E-state index is -3.47. The topological polar surface area (TPSA) is 52.7 Å². The summed E-state index contributed by atoms with van der Waals surface area (Å²) in [6, 6.07) is 5.39. The summed E-state index contributed by atoms with van der Waals surface area (Å²) < 4.78 is 27.1. The van der Waals surface area contributed by atoms with Crippen molar-refractivity contribution in [1.29, 1.82) is 0 Å². The van der Waals surface area contributed by atoms with E-state index in [9.17, 15) is 8.42 Å². The molecule has 0 spiro atoms. The van der Waals surface area contributed by atoms with Gasteiger partial charge in [0.15, 0.2) is 0 Å². The highest BCUT2D eigenvalue weighted by Crippen LogP contribution is 2.25. The molecule has 0 aromatic heterocycles. The van der Waals surface area contributed by atoms with E-state index in [2.05, 4.69) is 21.2 Å². The lowest BCUT2D eigenvalue weighted by molar-refractivity contribution is 0.358. The van der Waals surface area contributed by atoms with Crippen LogP contribution in [-0.4, -0.2) is 58.9 Å². The summed E-state index contributed by atoms with van der Waals surface area (Å²) in [5.74, 6) is 0. The highest BCUT2D eigenvalue weighted by atomic mass is 79.9. The van der Waals surface area contributed by atoms with Crippen molar-refractivity contribution in [1.82, 2.24) is 14.5 Å². The van der Waals surface area contributed by atoms with Crippen LogP contribution < -0.4 is 5.32 Å². The Kier molecular flexibility index (Phi) is 6.60. The average molecular weight is 364 g/mol. The number of sulfonamides is 1. The Morgan fingerprint density at radius 2 is 1.85 bits per heavy atom. The number of hydrogen-bond acceptors (Lipinski definition) is 4. The standard InChI is InChI=1S/C13H22BrN3O2S/c1-15-10-11-5-6-12(14)13(9-11)20(18,19)17(4)8-7-16(2)3/h5-6,9,15H,7-8,10H2,1-4H3. The minimum Gasteiger partial charge on any atom is -0.316 e. The summed E-state index contributed by atoms with van der Waals surface area (Å²) in [6.07, 6.45) is 0. The molecule has 1 N–H and O–H groups in total. The van der Waals surface area contributed by atoms with E-state index in [4.69, 9.17) is 0 Å². The van der Waals surface area contributed by atoms with Crippen molar-refractivity contribution in [2.75, 3.05) is 41.3 Å². The lowest BCUT2D eigenvalue weighted by atomic mass is 10.2. The molecule has 1 rings (SSSR count). The number of likely N-dealkylation sites (N-methyl/N-ethyl adjacent to an activating group) is 2. The van der Waals surface area contributed by atoms with Crippen molar-refractivity contribution in [2.24, 2.45) is 0 Å². The first kappa shape index (κ1) is 17.6. The van der Waals surface area contributed by atoms with Gasteiger partial charge in [-0.25, -0.2) is 8.42 Å². The smallest absolute Gasteiger partial charge is 0.243 e. The molecule has 0 aliphatic carbocycles. The molecule has 0 aliphatic heterocycles. The van der Waals surface area contributed by atoms with Crippen LogP contribution in [-0.2, 0) is 16.6 Å². The van der Waals surface area contributed by atoms with Gasteiger partial charge in [-0.1, -0.05) is 6.07 Å². The van der Waals surface area contributed by atoms with Gasteiger partial charge in [0, 0.05) is 31.2 Å². The van der Waals surface area contributed by atoms with Crippen LogP contribution in [0.1, 0.15) is 5.56 Å². The molecular weight excluding hydrogens is 342 g/mol. The largest absolute Gasteiger partial charge is 0.316 e. The first-order chi connectivity index (χ1) is 9.28. The zero-order valence-electron chi connectivity index (χ0n) is 12.4. The molecule has 0 bridgehead atoms. The van der Waals surface area contributed by atoms with Gasteiger partial charge in [0.05, 0.1) is 4.90 Å². The van der Waals surface area contributed by atoms with E-state index in [0.29, 0.717) is 29.0 Å². The number of hydrogen-bond donors (Lipinski definition) is 1. The van der Waals surface area contributed by atoms with E-state index in [1.807, 2.05) is 32.1 Å². The molecule has 0 fully saturated rings. The molecule has 0 saturated heterocycles. The SMILES string of the molecule is CNCc1ccc(Br)c(S(=O)(=O)N(C)CCN(C)C)c1. The molecule has 20 heavy (non-hydrogen) atoms. The van der Waals surface area contributed by atoms with Gasteiger partial charge in [0.25, 0.3) is 0 Å². The second kappa shape index (κ2) is 7.51. The maximum atomic E-state index is 12.6. The van der Waals surface area contributed by atoms with Crippen LogP contribution >= 0.6 is 15.9 Å².